The van der Waals surface area contributed by atoms with Crippen LogP contribution in [0.25, 0.3) is 0 Å². The Hall–Kier alpha value is -0.780. The van der Waals surface area contributed by atoms with Gasteiger partial charge in [0.25, 0.3) is 0 Å². The predicted molar refractivity (Wildman–Crippen MR) is 68.8 cm³/mol. The third-order valence-electron chi connectivity index (χ3n) is 2.80. The minimum atomic E-state index is 0.193. The first-order valence-corrected chi connectivity index (χ1v) is 6.28. The minimum Gasteiger partial charge on any atom is -0.493 e. The molecule has 1 heterocycles. The third-order valence-corrected chi connectivity index (χ3v) is 3.49. The Labute approximate surface area is 109 Å². The summed E-state index contributed by atoms with van der Waals surface area (Å²) in [7, 11) is 3.27. The van der Waals surface area contributed by atoms with Gasteiger partial charge in [-0.1, -0.05) is 15.9 Å². The Balaban J connectivity index is 2.32. The molecule has 0 aliphatic carbocycles. The topological polar surface area (TPSA) is 39.7 Å². The third kappa shape index (κ3) is 2.73. The van der Waals surface area contributed by atoms with Crippen molar-refractivity contribution in [2.24, 2.45) is 0 Å². The lowest BCUT2D eigenvalue weighted by Crippen LogP contribution is -2.34. The number of hydrogen-bond donors (Lipinski definition) is 1. The number of morpholine rings is 1. The maximum atomic E-state index is 5.47. The molecule has 1 aromatic carbocycles. The van der Waals surface area contributed by atoms with E-state index in [1.54, 1.807) is 14.2 Å². The minimum absolute atomic E-state index is 0.193. The van der Waals surface area contributed by atoms with Gasteiger partial charge in [0.2, 0.25) is 0 Å². The first-order valence-electron chi connectivity index (χ1n) is 5.48. The Morgan fingerprint density at radius 1 is 1.29 bits per heavy atom. The van der Waals surface area contributed by atoms with Gasteiger partial charge in [0.05, 0.1) is 33.5 Å². The Morgan fingerprint density at radius 3 is 2.59 bits per heavy atom. The average Bonchev–Trinajstić information content (AvgIpc) is 2.39. The van der Waals surface area contributed by atoms with E-state index in [2.05, 4.69) is 21.2 Å². The van der Waals surface area contributed by atoms with Crippen molar-refractivity contribution in [3.63, 3.8) is 0 Å². The molecular formula is C12H16BrNO3. The van der Waals surface area contributed by atoms with E-state index < -0.39 is 0 Å². The average molecular weight is 302 g/mol. The van der Waals surface area contributed by atoms with Gasteiger partial charge in [0.1, 0.15) is 0 Å². The molecular weight excluding hydrogens is 286 g/mol. The van der Waals surface area contributed by atoms with Crippen molar-refractivity contribution in [2.75, 3.05) is 34.0 Å². The lowest BCUT2D eigenvalue weighted by Gasteiger charge is -2.25. The van der Waals surface area contributed by atoms with Gasteiger partial charge in [-0.3, -0.25) is 0 Å². The number of nitrogens with one attached hydrogen (secondary N) is 1. The molecule has 0 radical (unpaired) electrons. The molecule has 94 valence electrons. The highest BCUT2D eigenvalue weighted by Crippen LogP contribution is 2.36. The fourth-order valence-corrected chi connectivity index (χ4v) is 2.50. The van der Waals surface area contributed by atoms with E-state index in [-0.39, 0.29) is 6.04 Å². The van der Waals surface area contributed by atoms with Crippen molar-refractivity contribution in [2.45, 2.75) is 6.04 Å². The van der Waals surface area contributed by atoms with E-state index in [1.165, 1.54) is 0 Å². The van der Waals surface area contributed by atoms with Crippen molar-refractivity contribution >= 4 is 15.9 Å². The zero-order chi connectivity index (χ0) is 12.3. The van der Waals surface area contributed by atoms with Crippen LogP contribution >= 0.6 is 15.9 Å². The van der Waals surface area contributed by atoms with E-state index in [9.17, 15) is 0 Å². The first kappa shape index (κ1) is 12.7. The highest BCUT2D eigenvalue weighted by molar-refractivity contribution is 9.10. The maximum absolute atomic E-state index is 5.47. The molecule has 1 atom stereocenters. The van der Waals surface area contributed by atoms with E-state index in [1.807, 2.05) is 12.1 Å². The van der Waals surface area contributed by atoms with Crippen LogP contribution in [0.15, 0.2) is 16.6 Å². The molecule has 2 rings (SSSR count). The Morgan fingerprint density at radius 2 is 2.00 bits per heavy atom. The molecule has 0 amide bonds. The highest BCUT2D eigenvalue weighted by atomic mass is 79.9. The molecule has 0 spiro atoms. The summed E-state index contributed by atoms with van der Waals surface area (Å²) in [4.78, 5) is 0. The van der Waals surface area contributed by atoms with Crippen LogP contribution in [-0.4, -0.2) is 34.0 Å². The first-order chi connectivity index (χ1) is 8.26. The smallest absolute Gasteiger partial charge is 0.161 e. The summed E-state index contributed by atoms with van der Waals surface area (Å²) < 4.78 is 17.0. The molecule has 0 bridgehead atoms. The SMILES string of the molecule is COc1cc(Br)c([C@@H]2COCCN2)cc1OC. The molecule has 0 saturated carbocycles. The summed E-state index contributed by atoms with van der Waals surface area (Å²) >= 11 is 3.56. The quantitative estimate of drug-likeness (QED) is 0.928. The highest BCUT2D eigenvalue weighted by Gasteiger charge is 2.20. The maximum Gasteiger partial charge on any atom is 0.161 e. The van der Waals surface area contributed by atoms with Crippen molar-refractivity contribution in [1.29, 1.82) is 0 Å². The van der Waals surface area contributed by atoms with Gasteiger partial charge in [0, 0.05) is 11.0 Å². The van der Waals surface area contributed by atoms with Crippen LogP contribution < -0.4 is 14.8 Å². The van der Waals surface area contributed by atoms with Gasteiger partial charge in [-0.2, -0.15) is 0 Å². The molecule has 1 N–H and O–H groups in total. The predicted octanol–water partition coefficient (Wildman–Crippen LogP) is 2.13. The second-order valence-corrected chi connectivity index (χ2v) is 4.66. The van der Waals surface area contributed by atoms with Crippen molar-refractivity contribution in [3.8, 4) is 11.5 Å². The monoisotopic (exact) mass is 301 g/mol. The van der Waals surface area contributed by atoms with Crippen molar-refractivity contribution < 1.29 is 14.2 Å². The summed E-state index contributed by atoms with van der Waals surface area (Å²) in [5.74, 6) is 1.46. The van der Waals surface area contributed by atoms with E-state index in [0.717, 1.165) is 34.7 Å². The van der Waals surface area contributed by atoms with Crippen LogP contribution in [-0.2, 0) is 4.74 Å². The largest absolute Gasteiger partial charge is 0.493 e. The number of methoxy groups -OCH3 is 2. The van der Waals surface area contributed by atoms with Crippen LogP contribution in [0, 0.1) is 0 Å². The molecule has 1 aliphatic rings. The van der Waals surface area contributed by atoms with Crippen LogP contribution in [0.3, 0.4) is 0 Å². The number of ether oxygens (including phenoxy) is 3. The molecule has 5 heteroatoms. The summed E-state index contributed by atoms with van der Waals surface area (Å²) in [5.41, 5.74) is 1.13. The summed E-state index contributed by atoms with van der Waals surface area (Å²) in [6.07, 6.45) is 0. The van der Waals surface area contributed by atoms with E-state index in [4.69, 9.17) is 14.2 Å². The fourth-order valence-electron chi connectivity index (χ4n) is 1.90. The molecule has 1 fully saturated rings. The number of halogens is 1. The van der Waals surface area contributed by atoms with Crippen LogP contribution in [0.2, 0.25) is 0 Å². The standard InChI is InChI=1S/C12H16BrNO3/c1-15-11-5-8(9(13)6-12(11)16-2)10-7-17-4-3-14-10/h5-6,10,14H,3-4,7H2,1-2H3/t10-/m0/s1. The fraction of sp³-hybridized carbons (Fsp3) is 0.500. The van der Waals surface area contributed by atoms with Gasteiger partial charge >= 0.3 is 0 Å². The number of hydrogen-bond acceptors (Lipinski definition) is 4. The molecule has 1 aromatic rings. The van der Waals surface area contributed by atoms with E-state index >= 15 is 0 Å². The Bertz CT molecular complexity index is 392. The molecule has 1 aliphatic heterocycles. The molecule has 0 unspecified atom stereocenters. The summed E-state index contributed by atoms with van der Waals surface area (Å²) in [5, 5.41) is 3.41. The zero-order valence-electron chi connectivity index (χ0n) is 9.96. The lowest BCUT2D eigenvalue weighted by atomic mass is 10.1. The summed E-state index contributed by atoms with van der Waals surface area (Å²) in [6.45, 7) is 2.31. The van der Waals surface area contributed by atoms with Crippen LogP contribution in [0.1, 0.15) is 11.6 Å². The molecule has 17 heavy (non-hydrogen) atoms. The normalized spacial score (nSPS) is 20.1. The van der Waals surface area contributed by atoms with E-state index in [0.29, 0.717) is 6.61 Å². The van der Waals surface area contributed by atoms with Gasteiger partial charge in [-0.05, 0) is 17.7 Å². The Kier molecular flexibility index (Phi) is 4.25. The second-order valence-electron chi connectivity index (χ2n) is 3.81. The number of rotatable bonds is 3. The van der Waals surface area contributed by atoms with Crippen molar-refractivity contribution in [1.82, 2.24) is 5.32 Å². The van der Waals surface area contributed by atoms with Crippen LogP contribution in [0.4, 0.5) is 0 Å². The van der Waals surface area contributed by atoms with Gasteiger partial charge in [-0.15, -0.1) is 0 Å². The van der Waals surface area contributed by atoms with Gasteiger partial charge < -0.3 is 19.5 Å². The van der Waals surface area contributed by atoms with Gasteiger partial charge in [-0.25, -0.2) is 0 Å². The zero-order valence-corrected chi connectivity index (χ0v) is 11.5. The summed E-state index contributed by atoms with van der Waals surface area (Å²) in [6, 6.07) is 4.10. The molecule has 4 nitrogen and oxygen atoms in total. The molecule has 0 aromatic heterocycles. The lowest BCUT2D eigenvalue weighted by molar-refractivity contribution is 0.0766. The van der Waals surface area contributed by atoms with Crippen LogP contribution in [0.5, 0.6) is 11.5 Å². The van der Waals surface area contributed by atoms with Gasteiger partial charge in [0.15, 0.2) is 11.5 Å². The van der Waals surface area contributed by atoms with Crippen molar-refractivity contribution in [3.05, 3.63) is 22.2 Å². The second kappa shape index (κ2) is 5.71. The molecule has 1 saturated heterocycles. The number of benzene rings is 1.